The fourth-order valence-electron chi connectivity index (χ4n) is 1.01. The summed E-state index contributed by atoms with van der Waals surface area (Å²) in [6.07, 6.45) is 0.649. The molecule has 0 fully saturated rings. The lowest BCUT2D eigenvalue weighted by Gasteiger charge is -2.01. The van der Waals surface area contributed by atoms with Gasteiger partial charge in [0.15, 0.2) is 0 Å². The number of benzene rings is 1. The van der Waals surface area contributed by atoms with Crippen molar-refractivity contribution < 1.29 is 14.1 Å². The van der Waals surface area contributed by atoms with Gasteiger partial charge in [0, 0.05) is 19.3 Å². The smallest absolute Gasteiger partial charge is 0.303 e. The van der Waals surface area contributed by atoms with Crippen molar-refractivity contribution in [3.05, 3.63) is 29.8 Å². The van der Waals surface area contributed by atoms with Gasteiger partial charge in [-0.05, 0) is 24.1 Å². The second-order valence-electron chi connectivity index (χ2n) is 2.63. The van der Waals surface area contributed by atoms with Gasteiger partial charge in [-0.2, -0.15) is 0 Å². The fourth-order valence-corrected chi connectivity index (χ4v) is 1.12. The summed E-state index contributed by atoms with van der Waals surface area (Å²) in [6, 6.07) is 7.20. The van der Waals surface area contributed by atoms with Crippen molar-refractivity contribution in [3.8, 4) is 5.75 Å². The van der Waals surface area contributed by atoms with Gasteiger partial charge in [0.05, 0.1) is 0 Å². The van der Waals surface area contributed by atoms with Gasteiger partial charge in [-0.15, -0.1) is 0 Å². The highest BCUT2D eigenvalue weighted by molar-refractivity contribution is 7.75. The number of hydrogen-bond donors (Lipinski definition) is 2. The summed E-state index contributed by atoms with van der Waals surface area (Å²) in [5.74, 6) is -0.164. The van der Waals surface area contributed by atoms with Crippen LogP contribution in [-0.4, -0.2) is 11.1 Å². The summed E-state index contributed by atoms with van der Waals surface area (Å²) < 4.78 is 4.71. The van der Waals surface area contributed by atoms with Gasteiger partial charge in [0.1, 0.15) is 5.75 Å². The van der Waals surface area contributed by atoms with Crippen molar-refractivity contribution >= 4 is 18.9 Å². The topological polar surface area (TPSA) is 46.5 Å². The lowest BCUT2D eigenvalue weighted by molar-refractivity contribution is -0.136. The molecule has 4 heteroatoms. The first kappa shape index (κ1) is 9.92. The third kappa shape index (κ3) is 3.38. The number of aliphatic carboxylic acids is 1. The standard InChI is InChI=1S/C9H10O3S/c10-9(11)5-4-7-2-1-3-8(6-7)12-13/h1-3,6,13H,4-5H2,(H,10,11). The number of aryl methyl sites for hydroxylation is 1. The van der Waals surface area contributed by atoms with E-state index in [1.165, 1.54) is 0 Å². The molecular formula is C9H10O3S. The van der Waals surface area contributed by atoms with Crippen LogP contribution in [0.25, 0.3) is 0 Å². The molecule has 0 aromatic heterocycles. The Morgan fingerprint density at radius 2 is 2.31 bits per heavy atom. The maximum atomic E-state index is 10.3. The summed E-state index contributed by atoms with van der Waals surface area (Å²) in [7, 11) is 0. The molecule has 1 aromatic carbocycles. The van der Waals surface area contributed by atoms with Crippen LogP contribution in [0.4, 0.5) is 0 Å². The van der Waals surface area contributed by atoms with E-state index in [1.807, 2.05) is 12.1 Å². The maximum absolute atomic E-state index is 10.3. The monoisotopic (exact) mass is 198 g/mol. The Kier molecular flexibility index (Phi) is 3.64. The highest BCUT2D eigenvalue weighted by Crippen LogP contribution is 2.15. The Balaban J connectivity index is 2.61. The van der Waals surface area contributed by atoms with Crippen LogP contribution in [0.3, 0.4) is 0 Å². The summed E-state index contributed by atoms with van der Waals surface area (Å²) in [5, 5.41) is 8.45. The number of thiol groups is 1. The SMILES string of the molecule is O=C(O)CCc1cccc(OS)c1. The van der Waals surface area contributed by atoms with Gasteiger partial charge in [0.25, 0.3) is 0 Å². The first-order valence-electron chi connectivity index (χ1n) is 3.84. The van der Waals surface area contributed by atoms with Gasteiger partial charge in [0.2, 0.25) is 0 Å². The molecule has 0 bridgehead atoms. The Bertz CT molecular complexity index is 299. The number of carbonyl (C=O) groups is 1. The van der Waals surface area contributed by atoms with E-state index in [0.717, 1.165) is 5.56 Å². The Hall–Kier alpha value is -1.16. The lowest BCUT2D eigenvalue weighted by atomic mass is 10.1. The quantitative estimate of drug-likeness (QED) is 0.574. The first-order chi connectivity index (χ1) is 6.22. The van der Waals surface area contributed by atoms with Gasteiger partial charge in [-0.1, -0.05) is 12.1 Å². The van der Waals surface area contributed by atoms with Crippen LogP contribution < -0.4 is 4.18 Å². The minimum Gasteiger partial charge on any atom is -0.481 e. The molecule has 0 saturated heterocycles. The van der Waals surface area contributed by atoms with Gasteiger partial charge in [-0.25, -0.2) is 0 Å². The second kappa shape index (κ2) is 4.77. The van der Waals surface area contributed by atoms with Crippen LogP contribution in [0.2, 0.25) is 0 Å². The summed E-state index contributed by atoms with van der Waals surface area (Å²) in [6.45, 7) is 0. The maximum Gasteiger partial charge on any atom is 0.303 e. The van der Waals surface area contributed by atoms with Crippen molar-refractivity contribution in [1.29, 1.82) is 0 Å². The number of carboxylic acid groups (broad SMARTS) is 1. The normalized spacial score (nSPS) is 9.62. The summed E-state index contributed by atoms with van der Waals surface area (Å²) in [4.78, 5) is 10.3. The number of rotatable bonds is 4. The molecule has 0 amide bonds. The molecule has 13 heavy (non-hydrogen) atoms. The minimum atomic E-state index is -0.794. The highest BCUT2D eigenvalue weighted by Gasteiger charge is 1.99. The minimum absolute atomic E-state index is 0.135. The predicted molar refractivity (Wildman–Crippen MR) is 52.0 cm³/mol. The number of hydrogen-bond acceptors (Lipinski definition) is 3. The van der Waals surface area contributed by atoms with Crippen LogP contribution in [0, 0.1) is 0 Å². The molecule has 70 valence electrons. The molecule has 3 nitrogen and oxygen atoms in total. The van der Waals surface area contributed by atoms with E-state index < -0.39 is 5.97 Å². The van der Waals surface area contributed by atoms with Gasteiger partial charge >= 0.3 is 5.97 Å². The molecule has 0 heterocycles. The first-order valence-corrected chi connectivity index (χ1v) is 4.21. The molecule has 1 N–H and O–H groups in total. The van der Waals surface area contributed by atoms with Crippen molar-refractivity contribution in [3.63, 3.8) is 0 Å². The molecule has 0 saturated carbocycles. The highest BCUT2D eigenvalue weighted by atomic mass is 32.1. The molecule has 1 aromatic rings. The summed E-state index contributed by atoms with van der Waals surface area (Å²) >= 11 is 3.65. The van der Waals surface area contributed by atoms with Crippen LogP contribution in [0.15, 0.2) is 24.3 Å². The van der Waals surface area contributed by atoms with E-state index in [0.29, 0.717) is 12.2 Å². The largest absolute Gasteiger partial charge is 0.481 e. The average molecular weight is 198 g/mol. The zero-order valence-electron chi connectivity index (χ0n) is 6.93. The molecule has 0 radical (unpaired) electrons. The van der Waals surface area contributed by atoms with Crippen LogP contribution in [-0.2, 0) is 11.2 Å². The van der Waals surface area contributed by atoms with E-state index in [2.05, 4.69) is 12.9 Å². The van der Waals surface area contributed by atoms with Gasteiger partial charge in [-0.3, -0.25) is 4.79 Å². The Labute approximate surface area is 82.0 Å². The van der Waals surface area contributed by atoms with Crippen molar-refractivity contribution in [2.75, 3.05) is 0 Å². The van der Waals surface area contributed by atoms with Crippen LogP contribution in [0.5, 0.6) is 5.75 Å². The van der Waals surface area contributed by atoms with E-state index in [1.54, 1.807) is 12.1 Å². The fraction of sp³-hybridized carbons (Fsp3) is 0.222. The molecule has 0 aliphatic rings. The van der Waals surface area contributed by atoms with Crippen molar-refractivity contribution in [1.82, 2.24) is 0 Å². The molecular weight excluding hydrogens is 188 g/mol. The van der Waals surface area contributed by atoms with Crippen molar-refractivity contribution in [2.24, 2.45) is 0 Å². The lowest BCUT2D eigenvalue weighted by Crippen LogP contribution is -1.97. The van der Waals surface area contributed by atoms with Crippen LogP contribution >= 0.6 is 12.9 Å². The zero-order valence-corrected chi connectivity index (χ0v) is 7.83. The van der Waals surface area contributed by atoms with Crippen LogP contribution in [0.1, 0.15) is 12.0 Å². The summed E-state index contributed by atoms with van der Waals surface area (Å²) in [5.41, 5.74) is 0.939. The number of carboxylic acids is 1. The molecule has 0 atom stereocenters. The zero-order chi connectivity index (χ0) is 9.68. The predicted octanol–water partition coefficient (Wildman–Crippen LogP) is 1.93. The average Bonchev–Trinajstić information content (AvgIpc) is 2.15. The van der Waals surface area contributed by atoms with E-state index in [-0.39, 0.29) is 6.42 Å². The molecule has 0 unspecified atom stereocenters. The Morgan fingerprint density at radius 3 is 2.92 bits per heavy atom. The second-order valence-corrected chi connectivity index (χ2v) is 2.82. The van der Waals surface area contributed by atoms with E-state index in [4.69, 9.17) is 9.29 Å². The molecule has 0 aliphatic carbocycles. The molecule has 0 aliphatic heterocycles. The van der Waals surface area contributed by atoms with E-state index >= 15 is 0 Å². The third-order valence-corrected chi connectivity index (χ3v) is 1.84. The van der Waals surface area contributed by atoms with Gasteiger partial charge < -0.3 is 9.29 Å². The van der Waals surface area contributed by atoms with E-state index in [9.17, 15) is 4.79 Å². The molecule has 0 spiro atoms. The third-order valence-electron chi connectivity index (χ3n) is 1.63. The molecule has 1 rings (SSSR count). The Morgan fingerprint density at radius 1 is 1.54 bits per heavy atom. The van der Waals surface area contributed by atoms with Crippen molar-refractivity contribution in [2.45, 2.75) is 12.8 Å².